The highest BCUT2D eigenvalue weighted by Crippen LogP contribution is 2.31. The van der Waals surface area contributed by atoms with Gasteiger partial charge >= 0.3 is 0 Å². The summed E-state index contributed by atoms with van der Waals surface area (Å²) in [6, 6.07) is 2.04. The molecule has 0 saturated heterocycles. The van der Waals surface area contributed by atoms with Crippen molar-refractivity contribution < 1.29 is 0 Å². The summed E-state index contributed by atoms with van der Waals surface area (Å²) in [7, 11) is 0. The molecular formula is C12H15ClN2S2. The van der Waals surface area contributed by atoms with Crippen molar-refractivity contribution in [3.63, 3.8) is 0 Å². The van der Waals surface area contributed by atoms with Gasteiger partial charge in [0.25, 0.3) is 0 Å². The molecule has 2 nitrogen and oxygen atoms in total. The van der Waals surface area contributed by atoms with Gasteiger partial charge in [-0.25, -0.2) is 9.97 Å². The molecule has 0 N–H and O–H groups in total. The van der Waals surface area contributed by atoms with E-state index in [1.807, 2.05) is 17.8 Å². The standard InChI is InChI=1S/C12H15ClN2S2/c1-7-5-8-10(13)14-9(15-11(8)17-7)6-16-12(2,3)4/h5H,6H2,1-4H3. The van der Waals surface area contributed by atoms with E-state index in [1.165, 1.54) is 4.88 Å². The third-order valence-corrected chi connectivity index (χ3v) is 4.65. The lowest BCUT2D eigenvalue weighted by atomic mass is 10.3. The minimum atomic E-state index is 0.218. The first-order chi connectivity index (χ1) is 7.85. The second-order valence-electron chi connectivity index (χ2n) is 4.91. The summed E-state index contributed by atoms with van der Waals surface area (Å²) in [6.07, 6.45) is 0. The van der Waals surface area contributed by atoms with Crippen LogP contribution in [0.1, 0.15) is 31.5 Å². The van der Waals surface area contributed by atoms with Crippen LogP contribution in [0.2, 0.25) is 5.15 Å². The van der Waals surface area contributed by atoms with Gasteiger partial charge < -0.3 is 0 Å². The highest BCUT2D eigenvalue weighted by molar-refractivity contribution is 7.99. The molecule has 17 heavy (non-hydrogen) atoms. The van der Waals surface area contributed by atoms with Gasteiger partial charge in [-0.05, 0) is 13.0 Å². The summed E-state index contributed by atoms with van der Waals surface area (Å²) in [5, 5.41) is 1.54. The first kappa shape index (κ1) is 13.1. The zero-order valence-corrected chi connectivity index (χ0v) is 12.8. The van der Waals surface area contributed by atoms with Crippen LogP contribution in [-0.2, 0) is 5.75 Å². The second kappa shape index (κ2) is 4.75. The zero-order chi connectivity index (χ0) is 12.6. The normalized spacial score (nSPS) is 12.3. The Morgan fingerprint density at radius 2 is 2.06 bits per heavy atom. The van der Waals surface area contributed by atoms with Crippen LogP contribution in [0, 0.1) is 6.92 Å². The lowest BCUT2D eigenvalue weighted by Gasteiger charge is -2.16. The molecule has 0 bridgehead atoms. The van der Waals surface area contributed by atoms with E-state index in [2.05, 4.69) is 37.7 Å². The highest BCUT2D eigenvalue weighted by atomic mass is 35.5. The summed E-state index contributed by atoms with van der Waals surface area (Å²) in [4.78, 5) is 11.1. The first-order valence-electron chi connectivity index (χ1n) is 5.42. The fraction of sp³-hybridized carbons (Fsp3) is 0.500. The molecule has 0 saturated carbocycles. The number of rotatable bonds is 2. The Labute approximate surface area is 115 Å². The topological polar surface area (TPSA) is 25.8 Å². The van der Waals surface area contributed by atoms with Crippen molar-refractivity contribution >= 4 is 44.9 Å². The molecule has 0 radical (unpaired) electrons. The van der Waals surface area contributed by atoms with Crippen molar-refractivity contribution in [2.24, 2.45) is 0 Å². The molecule has 5 heteroatoms. The maximum Gasteiger partial charge on any atom is 0.141 e. The van der Waals surface area contributed by atoms with Gasteiger partial charge in [-0.15, -0.1) is 23.1 Å². The molecule has 0 aliphatic rings. The number of nitrogens with zero attached hydrogens (tertiary/aromatic N) is 2. The number of hydrogen-bond acceptors (Lipinski definition) is 4. The van der Waals surface area contributed by atoms with E-state index in [0.29, 0.717) is 5.15 Å². The van der Waals surface area contributed by atoms with Crippen LogP contribution >= 0.6 is 34.7 Å². The highest BCUT2D eigenvalue weighted by Gasteiger charge is 2.14. The fourth-order valence-corrected chi connectivity index (χ4v) is 3.28. The Hall–Kier alpha value is -0.320. The molecule has 0 amide bonds. The monoisotopic (exact) mass is 286 g/mol. The van der Waals surface area contributed by atoms with Crippen LogP contribution < -0.4 is 0 Å². The fourth-order valence-electron chi connectivity index (χ4n) is 1.39. The van der Waals surface area contributed by atoms with Gasteiger partial charge in [0, 0.05) is 15.0 Å². The number of aromatic nitrogens is 2. The molecule has 0 fully saturated rings. The van der Waals surface area contributed by atoms with E-state index >= 15 is 0 Å². The average Bonchev–Trinajstić information content (AvgIpc) is 2.55. The Balaban J connectivity index is 2.30. The second-order valence-corrected chi connectivity index (χ2v) is 8.30. The zero-order valence-electron chi connectivity index (χ0n) is 10.4. The lowest BCUT2D eigenvalue weighted by molar-refractivity contribution is 0.800. The van der Waals surface area contributed by atoms with Crippen LogP contribution in [0.4, 0.5) is 0 Å². The van der Waals surface area contributed by atoms with E-state index in [4.69, 9.17) is 11.6 Å². The predicted octanol–water partition coefficient (Wildman–Crippen LogP) is 4.68. The number of thiophene rings is 1. The van der Waals surface area contributed by atoms with Gasteiger partial charge in [0.1, 0.15) is 15.8 Å². The Kier molecular flexibility index (Phi) is 3.66. The molecule has 0 aliphatic heterocycles. The van der Waals surface area contributed by atoms with Gasteiger partial charge in [0.15, 0.2) is 0 Å². The largest absolute Gasteiger partial charge is 0.221 e. The van der Waals surface area contributed by atoms with Crippen molar-refractivity contribution in [2.75, 3.05) is 0 Å². The molecule has 0 aliphatic carbocycles. The summed E-state index contributed by atoms with van der Waals surface area (Å²) in [5.41, 5.74) is 0. The SMILES string of the molecule is Cc1cc2c(Cl)nc(CSC(C)(C)C)nc2s1. The number of hydrogen-bond donors (Lipinski definition) is 0. The smallest absolute Gasteiger partial charge is 0.141 e. The van der Waals surface area contributed by atoms with E-state index in [1.54, 1.807) is 11.3 Å². The maximum atomic E-state index is 6.17. The molecule has 0 unspecified atom stereocenters. The van der Waals surface area contributed by atoms with Crippen LogP contribution in [0.3, 0.4) is 0 Å². The summed E-state index contributed by atoms with van der Waals surface area (Å²) in [5.74, 6) is 1.63. The van der Waals surface area contributed by atoms with Crippen molar-refractivity contribution in [2.45, 2.75) is 38.2 Å². The molecule has 2 heterocycles. The lowest BCUT2D eigenvalue weighted by Crippen LogP contribution is -2.08. The number of aryl methyl sites for hydroxylation is 1. The van der Waals surface area contributed by atoms with Crippen molar-refractivity contribution in [1.29, 1.82) is 0 Å². The quantitative estimate of drug-likeness (QED) is 0.749. The van der Waals surface area contributed by atoms with Crippen molar-refractivity contribution in [3.05, 3.63) is 21.9 Å². The molecule has 2 aromatic rings. The van der Waals surface area contributed by atoms with Gasteiger partial charge in [-0.2, -0.15) is 0 Å². The van der Waals surface area contributed by atoms with Gasteiger partial charge in [-0.1, -0.05) is 32.4 Å². The van der Waals surface area contributed by atoms with Crippen molar-refractivity contribution in [3.8, 4) is 0 Å². The molecule has 0 atom stereocenters. The minimum absolute atomic E-state index is 0.218. The van der Waals surface area contributed by atoms with Gasteiger partial charge in [-0.3, -0.25) is 0 Å². The molecule has 92 valence electrons. The van der Waals surface area contributed by atoms with E-state index in [0.717, 1.165) is 21.8 Å². The molecular weight excluding hydrogens is 272 g/mol. The Morgan fingerprint density at radius 1 is 1.35 bits per heavy atom. The summed E-state index contributed by atoms with van der Waals surface area (Å²) >= 11 is 9.67. The van der Waals surface area contributed by atoms with Crippen LogP contribution in [0.5, 0.6) is 0 Å². The molecule has 2 rings (SSSR count). The van der Waals surface area contributed by atoms with E-state index in [9.17, 15) is 0 Å². The maximum absolute atomic E-state index is 6.17. The van der Waals surface area contributed by atoms with Crippen LogP contribution in [0.15, 0.2) is 6.07 Å². The predicted molar refractivity (Wildman–Crippen MR) is 78.2 cm³/mol. The van der Waals surface area contributed by atoms with Crippen LogP contribution in [-0.4, -0.2) is 14.7 Å². The minimum Gasteiger partial charge on any atom is -0.221 e. The summed E-state index contributed by atoms with van der Waals surface area (Å²) < 4.78 is 0.218. The van der Waals surface area contributed by atoms with E-state index < -0.39 is 0 Å². The van der Waals surface area contributed by atoms with Crippen LogP contribution in [0.25, 0.3) is 10.2 Å². The number of fused-ring (bicyclic) bond motifs is 1. The molecule has 2 aromatic heterocycles. The summed E-state index contributed by atoms with van der Waals surface area (Å²) in [6.45, 7) is 8.62. The Bertz CT molecular complexity index is 543. The first-order valence-corrected chi connectivity index (χ1v) is 7.60. The van der Waals surface area contributed by atoms with Crippen molar-refractivity contribution in [1.82, 2.24) is 9.97 Å². The number of thioether (sulfide) groups is 1. The van der Waals surface area contributed by atoms with E-state index in [-0.39, 0.29) is 4.75 Å². The third-order valence-electron chi connectivity index (χ3n) is 2.15. The number of halogens is 1. The van der Waals surface area contributed by atoms with Gasteiger partial charge in [0.05, 0.1) is 5.75 Å². The molecule has 0 spiro atoms. The van der Waals surface area contributed by atoms with Gasteiger partial charge in [0.2, 0.25) is 0 Å². The average molecular weight is 287 g/mol. The Morgan fingerprint density at radius 3 is 2.71 bits per heavy atom. The molecule has 0 aromatic carbocycles. The third kappa shape index (κ3) is 3.33.